The van der Waals surface area contributed by atoms with Crippen molar-refractivity contribution in [1.29, 1.82) is 0 Å². The number of rotatable bonds is 4. The fourth-order valence-electron chi connectivity index (χ4n) is 5.12. The van der Waals surface area contributed by atoms with Gasteiger partial charge in [-0.05, 0) is 81.5 Å². The Morgan fingerprint density at radius 1 is 1.13 bits per heavy atom. The van der Waals surface area contributed by atoms with E-state index in [0.29, 0.717) is 23.4 Å². The molecule has 2 aliphatic rings. The summed E-state index contributed by atoms with van der Waals surface area (Å²) in [6, 6.07) is 3.97. The van der Waals surface area contributed by atoms with Crippen molar-refractivity contribution in [1.82, 2.24) is 30.1 Å². The number of aromatic nitrogens is 4. The molecule has 0 saturated carbocycles. The number of piperidine rings is 2. The Hall–Kier alpha value is -2.32. The largest absolute Gasteiger partial charge is 0.337 e. The SMILES string of the molecule is Cc1ccc(F)c2c1c(C(C)C)nn2-c1noc(C2CCN(C3CCNCC3)CC2)n1. The molecule has 2 aromatic heterocycles. The first kappa shape index (κ1) is 20.6. The van der Waals surface area contributed by atoms with Crippen molar-refractivity contribution in [3.8, 4) is 5.95 Å². The Balaban J connectivity index is 1.39. The molecule has 5 rings (SSSR count). The van der Waals surface area contributed by atoms with E-state index in [1.165, 1.54) is 23.6 Å². The Kier molecular flexibility index (Phi) is 5.52. The number of fused-ring (bicyclic) bond motifs is 1. The standard InChI is InChI=1S/C23H31FN6O/c1-14(2)20-19-15(3)4-5-18(24)21(19)30(27-20)23-26-22(31-28-23)16-8-12-29(13-9-16)17-6-10-25-11-7-17/h4-5,14,16-17,25H,6-13H2,1-3H3. The van der Waals surface area contributed by atoms with E-state index in [0.717, 1.165) is 55.7 Å². The number of likely N-dealkylation sites (tertiary alicyclic amines) is 1. The lowest BCUT2D eigenvalue weighted by atomic mass is 9.94. The maximum absolute atomic E-state index is 14.8. The van der Waals surface area contributed by atoms with Crippen LogP contribution in [0, 0.1) is 12.7 Å². The van der Waals surface area contributed by atoms with Gasteiger partial charge in [0.1, 0.15) is 11.3 Å². The highest BCUT2D eigenvalue weighted by Crippen LogP contribution is 2.33. The predicted octanol–water partition coefficient (Wildman–Crippen LogP) is 3.91. The average Bonchev–Trinajstić information content (AvgIpc) is 3.43. The third-order valence-electron chi connectivity index (χ3n) is 6.88. The topological polar surface area (TPSA) is 72.0 Å². The molecule has 0 spiro atoms. The second-order valence-electron chi connectivity index (χ2n) is 9.26. The van der Waals surface area contributed by atoms with Crippen LogP contribution in [0.1, 0.15) is 68.5 Å². The quantitative estimate of drug-likeness (QED) is 0.682. The van der Waals surface area contributed by atoms with Crippen LogP contribution in [0.25, 0.3) is 16.9 Å². The number of nitrogens with one attached hydrogen (secondary N) is 1. The first-order valence-electron chi connectivity index (χ1n) is 11.5. The molecule has 0 radical (unpaired) electrons. The van der Waals surface area contributed by atoms with E-state index in [-0.39, 0.29) is 17.7 Å². The molecule has 2 aliphatic heterocycles. The Morgan fingerprint density at radius 3 is 2.58 bits per heavy atom. The van der Waals surface area contributed by atoms with Gasteiger partial charge in [0.05, 0.1) is 5.69 Å². The fourth-order valence-corrected chi connectivity index (χ4v) is 5.12. The number of halogens is 1. The van der Waals surface area contributed by atoms with Crippen LogP contribution >= 0.6 is 0 Å². The van der Waals surface area contributed by atoms with Gasteiger partial charge in [0, 0.05) is 17.3 Å². The summed E-state index contributed by atoms with van der Waals surface area (Å²) in [7, 11) is 0. The number of aryl methyl sites for hydroxylation is 1. The van der Waals surface area contributed by atoms with Gasteiger partial charge in [-0.25, -0.2) is 4.39 Å². The molecular weight excluding hydrogens is 395 g/mol. The Morgan fingerprint density at radius 2 is 1.87 bits per heavy atom. The summed E-state index contributed by atoms with van der Waals surface area (Å²) in [5.74, 6) is 1.05. The summed E-state index contributed by atoms with van der Waals surface area (Å²) < 4.78 is 22.0. The van der Waals surface area contributed by atoms with Crippen molar-refractivity contribution in [2.45, 2.75) is 64.3 Å². The van der Waals surface area contributed by atoms with E-state index in [2.05, 4.69) is 39.3 Å². The van der Waals surface area contributed by atoms with Gasteiger partial charge in [0.25, 0.3) is 5.95 Å². The fraction of sp³-hybridized carbons (Fsp3) is 0.609. The maximum Gasteiger partial charge on any atom is 0.291 e. The van der Waals surface area contributed by atoms with Crippen LogP contribution in [0.3, 0.4) is 0 Å². The molecule has 4 heterocycles. The van der Waals surface area contributed by atoms with Crippen molar-refractivity contribution >= 4 is 10.9 Å². The van der Waals surface area contributed by atoms with E-state index in [4.69, 9.17) is 4.52 Å². The van der Waals surface area contributed by atoms with Crippen molar-refractivity contribution in [3.05, 3.63) is 35.1 Å². The van der Waals surface area contributed by atoms with Gasteiger partial charge in [-0.15, -0.1) is 0 Å². The van der Waals surface area contributed by atoms with E-state index in [9.17, 15) is 4.39 Å². The summed E-state index contributed by atoms with van der Waals surface area (Å²) in [4.78, 5) is 7.28. The van der Waals surface area contributed by atoms with Gasteiger partial charge >= 0.3 is 0 Å². The molecule has 2 fully saturated rings. The molecule has 2 saturated heterocycles. The summed E-state index contributed by atoms with van der Waals surface area (Å²) in [5.41, 5.74) is 2.28. The molecule has 1 N–H and O–H groups in total. The lowest BCUT2D eigenvalue weighted by Crippen LogP contribution is -2.46. The lowest BCUT2D eigenvalue weighted by Gasteiger charge is -2.38. The van der Waals surface area contributed by atoms with Crippen molar-refractivity contribution in [2.24, 2.45) is 0 Å². The first-order valence-corrected chi connectivity index (χ1v) is 11.5. The van der Waals surface area contributed by atoms with E-state index in [1.807, 2.05) is 6.92 Å². The molecule has 0 bridgehead atoms. The van der Waals surface area contributed by atoms with Gasteiger partial charge in [0.15, 0.2) is 0 Å². The molecular formula is C23H31FN6O. The van der Waals surface area contributed by atoms with Crippen LogP contribution < -0.4 is 5.32 Å². The van der Waals surface area contributed by atoms with Crippen LogP contribution in [-0.2, 0) is 0 Å². The van der Waals surface area contributed by atoms with E-state index in [1.54, 1.807) is 6.07 Å². The minimum atomic E-state index is -0.318. The molecule has 3 aromatic rings. The minimum absolute atomic E-state index is 0.162. The van der Waals surface area contributed by atoms with E-state index < -0.39 is 0 Å². The smallest absolute Gasteiger partial charge is 0.291 e. The third kappa shape index (κ3) is 3.76. The zero-order valence-corrected chi connectivity index (χ0v) is 18.6. The zero-order chi connectivity index (χ0) is 21.5. The highest BCUT2D eigenvalue weighted by molar-refractivity contribution is 5.87. The van der Waals surface area contributed by atoms with Crippen LogP contribution in [0.5, 0.6) is 0 Å². The van der Waals surface area contributed by atoms with Crippen LogP contribution in [0.15, 0.2) is 16.7 Å². The van der Waals surface area contributed by atoms with Gasteiger partial charge in [-0.3, -0.25) is 0 Å². The molecule has 31 heavy (non-hydrogen) atoms. The highest BCUT2D eigenvalue weighted by Gasteiger charge is 2.30. The summed E-state index contributed by atoms with van der Waals surface area (Å²) >= 11 is 0. The molecule has 0 unspecified atom stereocenters. The second-order valence-corrected chi connectivity index (χ2v) is 9.26. The van der Waals surface area contributed by atoms with Gasteiger partial charge in [-0.1, -0.05) is 19.9 Å². The molecule has 8 heteroatoms. The van der Waals surface area contributed by atoms with Gasteiger partial charge in [0.2, 0.25) is 5.89 Å². The Bertz CT molecular complexity index is 1060. The minimum Gasteiger partial charge on any atom is -0.337 e. The monoisotopic (exact) mass is 426 g/mol. The van der Waals surface area contributed by atoms with Gasteiger partial charge < -0.3 is 14.7 Å². The molecule has 0 atom stereocenters. The van der Waals surface area contributed by atoms with Crippen molar-refractivity contribution in [2.75, 3.05) is 26.2 Å². The molecule has 166 valence electrons. The lowest BCUT2D eigenvalue weighted by molar-refractivity contribution is 0.120. The molecule has 0 amide bonds. The molecule has 0 aliphatic carbocycles. The number of benzene rings is 1. The Labute approximate surface area is 182 Å². The van der Waals surface area contributed by atoms with Gasteiger partial charge in [-0.2, -0.15) is 14.8 Å². The summed E-state index contributed by atoms with van der Waals surface area (Å²) in [6.07, 6.45) is 4.47. The molecule has 1 aromatic carbocycles. The van der Waals surface area contributed by atoms with Crippen molar-refractivity contribution < 1.29 is 8.91 Å². The van der Waals surface area contributed by atoms with Crippen LogP contribution in [0.4, 0.5) is 4.39 Å². The number of hydrogen-bond acceptors (Lipinski definition) is 6. The number of nitrogens with zero attached hydrogens (tertiary/aromatic N) is 5. The van der Waals surface area contributed by atoms with Crippen molar-refractivity contribution in [3.63, 3.8) is 0 Å². The summed E-state index contributed by atoms with van der Waals surface area (Å²) in [5, 5.41) is 13.2. The summed E-state index contributed by atoms with van der Waals surface area (Å²) in [6.45, 7) is 10.5. The second kappa shape index (κ2) is 8.31. The van der Waals surface area contributed by atoms with Crippen LogP contribution in [0.2, 0.25) is 0 Å². The number of hydrogen-bond donors (Lipinski definition) is 1. The predicted molar refractivity (Wildman–Crippen MR) is 117 cm³/mol. The third-order valence-corrected chi connectivity index (χ3v) is 6.88. The highest BCUT2D eigenvalue weighted by atomic mass is 19.1. The normalized spacial score (nSPS) is 19.6. The maximum atomic E-state index is 14.8. The average molecular weight is 427 g/mol. The van der Waals surface area contributed by atoms with Crippen LogP contribution in [-0.4, -0.2) is 57.0 Å². The molecule has 7 nitrogen and oxygen atoms in total. The zero-order valence-electron chi connectivity index (χ0n) is 18.6. The first-order chi connectivity index (χ1) is 15.0. The van der Waals surface area contributed by atoms with E-state index >= 15 is 0 Å².